The zero-order valence-corrected chi connectivity index (χ0v) is 25.5. The molecule has 1 aliphatic heterocycles. The molecule has 2 N–H and O–H groups in total. The standard InChI is InChI=1S/C36H37FN4O4/c1-3-31(26-7-5-4-6-8-26)36(44)41-21-19-40(20-22-41)33-18-15-29(39-34(42)27-11-16-30(45-2)17-12-27)23-32(33)35(43)38-24-25-9-13-28(37)14-10-25/h4-18,23,31H,3,19-22,24H2,1-2H3,(H,38,43)(H,39,42)/t31-/m0/s1. The number of hydrogen-bond donors (Lipinski definition) is 2. The summed E-state index contributed by atoms with van der Waals surface area (Å²) in [5.41, 5.74) is 3.78. The van der Waals surface area contributed by atoms with Gasteiger partial charge >= 0.3 is 0 Å². The molecule has 8 nitrogen and oxygen atoms in total. The Balaban J connectivity index is 1.33. The van der Waals surface area contributed by atoms with Crippen molar-refractivity contribution in [3.05, 3.63) is 125 Å². The summed E-state index contributed by atoms with van der Waals surface area (Å²) in [6, 6.07) is 27.8. The van der Waals surface area contributed by atoms with Gasteiger partial charge in [0.1, 0.15) is 11.6 Å². The third kappa shape index (κ3) is 7.67. The van der Waals surface area contributed by atoms with Crippen LogP contribution in [0.5, 0.6) is 5.75 Å². The second kappa shape index (κ2) is 14.5. The van der Waals surface area contributed by atoms with Crippen molar-refractivity contribution < 1.29 is 23.5 Å². The van der Waals surface area contributed by atoms with Crippen molar-refractivity contribution >= 4 is 29.1 Å². The van der Waals surface area contributed by atoms with Crippen molar-refractivity contribution in [1.82, 2.24) is 10.2 Å². The highest BCUT2D eigenvalue weighted by Crippen LogP contribution is 2.28. The van der Waals surface area contributed by atoms with E-state index < -0.39 is 0 Å². The number of methoxy groups -OCH3 is 1. The summed E-state index contributed by atoms with van der Waals surface area (Å²) in [6.07, 6.45) is 0.713. The van der Waals surface area contributed by atoms with Crippen LogP contribution in [-0.2, 0) is 11.3 Å². The summed E-state index contributed by atoms with van der Waals surface area (Å²) in [4.78, 5) is 44.0. The fraction of sp³-hybridized carbons (Fsp3) is 0.250. The molecular formula is C36H37FN4O4. The number of halogens is 1. The molecule has 3 amide bonds. The highest BCUT2D eigenvalue weighted by atomic mass is 19.1. The maximum atomic E-state index is 13.6. The van der Waals surface area contributed by atoms with E-state index in [4.69, 9.17) is 4.74 Å². The lowest BCUT2D eigenvalue weighted by Gasteiger charge is -2.38. The van der Waals surface area contributed by atoms with Gasteiger partial charge in [0, 0.05) is 49.7 Å². The van der Waals surface area contributed by atoms with Crippen LogP contribution in [0, 0.1) is 5.82 Å². The molecule has 1 atom stereocenters. The Kier molecular flexibility index (Phi) is 10.1. The lowest BCUT2D eigenvalue weighted by atomic mass is 9.94. The number of nitrogens with one attached hydrogen (secondary N) is 2. The maximum absolute atomic E-state index is 13.6. The third-order valence-electron chi connectivity index (χ3n) is 8.06. The number of anilines is 2. The number of ether oxygens (including phenoxy) is 1. The number of benzene rings is 4. The fourth-order valence-electron chi connectivity index (χ4n) is 5.52. The smallest absolute Gasteiger partial charge is 0.255 e. The Hall–Kier alpha value is -5.18. The van der Waals surface area contributed by atoms with Crippen molar-refractivity contribution in [2.75, 3.05) is 43.5 Å². The van der Waals surface area contributed by atoms with Crippen molar-refractivity contribution in [3.63, 3.8) is 0 Å². The number of carbonyl (C=O) groups excluding carboxylic acids is 3. The van der Waals surface area contributed by atoms with E-state index in [1.165, 1.54) is 12.1 Å². The second-order valence-corrected chi connectivity index (χ2v) is 10.9. The van der Waals surface area contributed by atoms with E-state index in [-0.39, 0.29) is 36.0 Å². The quantitative estimate of drug-likeness (QED) is 0.236. The van der Waals surface area contributed by atoms with Gasteiger partial charge in [-0.25, -0.2) is 4.39 Å². The molecule has 0 bridgehead atoms. The molecule has 0 radical (unpaired) electrons. The van der Waals surface area contributed by atoms with Gasteiger partial charge in [0.05, 0.1) is 18.6 Å². The normalized spacial score (nSPS) is 13.6. The summed E-state index contributed by atoms with van der Waals surface area (Å²) in [6.45, 7) is 4.38. The van der Waals surface area contributed by atoms with E-state index in [9.17, 15) is 18.8 Å². The van der Waals surface area contributed by atoms with Crippen LogP contribution >= 0.6 is 0 Å². The molecule has 232 valence electrons. The zero-order valence-electron chi connectivity index (χ0n) is 25.5. The molecule has 4 aromatic rings. The van der Waals surface area contributed by atoms with Crippen LogP contribution in [0.15, 0.2) is 97.1 Å². The van der Waals surface area contributed by atoms with Crippen LogP contribution in [0.1, 0.15) is 51.1 Å². The first kappa shape index (κ1) is 31.3. The third-order valence-corrected chi connectivity index (χ3v) is 8.06. The molecule has 1 heterocycles. The minimum Gasteiger partial charge on any atom is -0.497 e. The second-order valence-electron chi connectivity index (χ2n) is 10.9. The van der Waals surface area contributed by atoms with Gasteiger partial charge in [0.25, 0.3) is 11.8 Å². The molecule has 0 aromatic heterocycles. The Morgan fingerprint density at radius 1 is 0.844 bits per heavy atom. The molecule has 1 saturated heterocycles. The number of rotatable bonds is 10. The molecule has 1 aliphatic rings. The molecule has 0 unspecified atom stereocenters. The van der Waals surface area contributed by atoms with Crippen molar-refractivity contribution in [2.45, 2.75) is 25.8 Å². The zero-order chi connectivity index (χ0) is 31.8. The Morgan fingerprint density at radius 3 is 2.18 bits per heavy atom. The number of amides is 3. The Morgan fingerprint density at radius 2 is 1.53 bits per heavy atom. The van der Waals surface area contributed by atoms with E-state index in [1.807, 2.05) is 48.2 Å². The van der Waals surface area contributed by atoms with Crippen LogP contribution in [0.2, 0.25) is 0 Å². The van der Waals surface area contributed by atoms with Gasteiger partial charge in [-0.1, -0.05) is 49.4 Å². The largest absolute Gasteiger partial charge is 0.497 e. The average molecular weight is 609 g/mol. The van der Waals surface area contributed by atoms with Gasteiger partial charge in [-0.15, -0.1) is 0 Å². The van der Waals surface area contributed by atoms with Gasteiger partial charge in [-0.3, -0.25) is 14.4 Å². The van der Waals surface area contributed by atoms with Crippen LogP contribution in [0.25, 0.3) is 0 Å². The Labute approximate surface area is 262 Å². The van der Waals surface area contributed by atoms with Crippen LogP contribution in [-0.4, -0.2) is 55.9 Å². The highest BCUT2D eigenvalue weighted by molar-refractivity contribution is 6.06. The molecule has 0 spiro atoms. The van der Waals surface area contributed by atoms with Gasteiger partial charge in [0.2, 0.25) is 5.91 Å². The first-order valence-corrected chi connectivity index (χ1v) is 15.1. The lowest BCUT2D eigenvalue weighted by Crippen LogP contribution is -2.50. The van der Waals surface area contributed by atoms with Gasteiger partial charge in [-0.05, 0) is 72.1 Å². The first-order chi connectivity index (χ1) is 21.9. The Bertz CT molecular complexity index is 1620. The van der Waals surface area contributed by atoms with Crippen LogP contribution < -0.4 is 20.3 Å². The minimum absolute atomic E-state index is 0.109. The maximum Gasteiger partial charge on any atom is 0.255 e. The molecule has 4 aromatic carbocycles. The van der Waals surface area contributed by atoms with E-state index in [1.54, 1.807) is 55.6 Å². The molecule has 0 saturated carbocycles. The van der Waals surface area contributed by atoms with Gasteiger partial charge in [-0.2, -0.15) is 0 Å². The molecule has 1 fully saturated rings. The SMILES string of the molecule is CC[C@H](C(=O)N1CCN(c2ccc(NC(=O)c3ccc(OC)cc3)cc2C(=O)NCc2ccc(F)cc2)CC1)c1ccccc1. The molecule has 5 rings (SSSR count). The van der Waals surface area contributed by atoms with Crippen LogP contribution in [0.4, 0.5) is 15.8 Å². The van der Waals surface area contributed by atoms with Crippen molar-refractivity contribution in [3.8, 4) is 5.75 Å². The highest BCUT2D eigenvalue weighted by Gasteiger charge is 2.29. The summed E-state index contributed by atoms with van der Waals surface area (Å²) in [5, 5.41) is 5.81. The average Bonchev–Trinajstić information content (AvgIpc) is 3.08. The van der Waals surface area contributed by atoms with E-state index in [2.05, 4.69) is 15.5 Å². The summed E-state index contributed by atoms with van der Waals surface area (Å²) < 4.78 is 18.6. The monoisotopic (exact) mass is 608 g/mol. The predicted octanol–water partition coefficient (Wildman–Crippen LogP) is 5.86. The number of nitrogens with zero attached hydrogens (tertiary/aromatic N) is 2. The van der Waals surface area contributed by atoms with Crippen molar-refractivity contribution in [2.24, 2.45) is 0 Å². The molecule has 0 aliphatic carbocycles. The van der Waals surface area contributed by atoms with Crippen LogP contribution in [0.3, 0.4) is 0 Å². The van der Waals surface area contributed by atoms with Gasteiger partial charge < -0.3 is 25.2 Å². The number of hydrogen-bond acceptors (Lipinski definition) is 5. The fourth-order valence-corrected chi connectivity index (χ4v) is 5.52. The summed E-state index contributed by atoms with van der Waals surface area (Å²) >= 11 is 0. The van der Waals surface area contributed by atoms with E-state index >= 15 is 0 Å². The van der Waals surface area contributed by atoms with E-state index in [0.29, 0.717) is 60.9 Å². The minimum atomic E-state index is -0.348. The molecule has 9 heteroatoms. The summed E-state index contributed by atoms with van der Waals surface area (Å²) in [5.74, 6) is -0.443. The molecular weight excluding hydrogens is 571 g/mol. The first-order valence-electron chi connectivity index (χ1n) is 15.1. The van der Waals surface area contributed by atoms with Gasteiger partial charge in [0.15, 0.2) is 0 Å². The lowest BCUT2D eigenvalue weighted by molar-refractivity contribution is -0.133. The number of carbonyl (C=O) groups is 3. The summed E-state index contributed by atoms with van der Waals surface area (Å²) in [7, 11) is 1.56. The topological polar surface area (TPSA) is 91.0 Å². The van der Waals surface area contributed by atoms with Crippen molar-refractivity contribution in [1.29, 1.82) is 0 Å². The number of piperazine rings is 1. The predicted molar refractivity (Wildman–Crippen MR) is 173 cm³/mol. The molecule has 45 heavy (non-hydrogen) atoms. The van der Waals surface area contributed by atoms with E-state index in [0.717, 1.165) is 11.1 Å².